The molecular formula is C13H18N2O3S2. The molecule has 3 rings (SSSR count). The van der Waals surface area contributed by atoms with Crippen LogP contribution in [-0.2, 0) is 19.4 Å². The molecule has 0 bridgehead atoms. The van der Waals surface area contributed by atoms with Crippen LogP contribution in [0.2, 0.25) is 0 Å². The van der Waals surface area contributed by atoms with Gasteiger partial charge in [0, 0.05) is 38.2 Å². The minimum atomic E-state index is -3.33. The Morgan fingerprint density at radius 2 is 2.05 bits per heavy atom. The van der Waals surface area contributed by atoms with Gasteiger partial charge in [0.25, 0.3) is 0 Å². The Balaban J connectivity index is 1.64. The first-order valence-electron chi connectivity index (χ1n) is 6.92. The van der Waals surface area contributed by atoms with Crippen molar-refractivity contribution in [2.45, 2.75) is 35.9 Å². The highest BCUT2D eigenvalue weighted by Crippen LogP contribution is 2.30. The number of nitrogens with zero attached hydrogens (tertiary/aromatic N) is 2. The molecule has 0 saturated carbocycles. The maximum absolute atomic E-state index is 12.4. The Morgan fingerprint density at radius 1 is 1.30 bits per heavy atom. The average Bonchev–Trinajstić information content (AvgIpc) is 3.10. The maximum Gasteiger partial charge on any atom is 0.229 e. The van der Waals surface area contributed by atoms with Gasteiger partial charge in [-0.2, -0.15) is 0 Å². The fraction of sp³-hybridized carbons (Fsp3) is 0.615. The number of sulfonamides is 1. The van der Waals surface area contributed by atoms with E-state index in [1.165, 1.54) is 11.3 Å². The molecule has 0 spiro atoms. The van der Waals surface area contributed by atoms with Gasteiger partial charge in [0.2, 0.25) is 10.1 Å². The van der Waals surface area contributed by atoms with Gasteiger partial charge in [-0.25, -0.2) is 0 Å². The quantitative estimate of drug-likeness (QED) is 0.798. The van der Waals surface area contributed by atoms with Crippen LogP contribution in [0.4, 0.5) is 0 Å². The number of likely N-dealkylation sites (tertiary alicyclic amines) is 1. The molecule has 0 radical (unpaired) electrons. The molecule has 1 aromatic heterocycles. The molecule has 0 aliphatic carbocycles. The molecule has 7 heteroatoms. The summed E-state index contributed by atoms with van der Waals surface area (Å²) in [4.78, 5) is 13.7. The van der Waals surface area contributed by atoms with Crippen LogP contribution in [0.3, 0.4) is 0 Å². The molecule has 2 aliphatic rings. The average molecular weight is 314 g/mol. The van der Waals surface area contributed by atoms with Crippen molar-refractivity contribution in [2.75, 3.05) is 19.6 Å². The second kappa shape index (κ2) is 5.55. The highest BCUT2D eigenvalue weighted by Gasteiger charge is 2.37. The smallest absolute Gasteiger partial charge is 0.229 e. The van der Waals surface area contributed by atoms with Crippen molar-refractivity contribution >= 4 is 27.6 Å². The molecular weight excluding hydrogens is 296 g/mol. The van der Waals surface area contributed by atoms with Gasteiger partial charge in [0.05, 0.1) is 0 Å². The van der Waals surface area contributed by atoms with Crippen LogP contribution in [0.15, 0.2) is 21.7 Å². The van der Waals surface area contributed by atoms with Crippen LogP contribution in [0, 0.1) is 0 Å². The van der Waals surface area contributed by atoms with Gasteiger partial charge in [0.1, 0.15) is 0 Å². The zero-order chi connectivity index (χ0) is 14.2. The molecule has 5 nitrogen and oxygen atoms in total. The van der Waals surface area contributed by atoms with Crippen molar-refractivity contribution in [3.63, 3.8) is 0 Å². The second-order valence-electron chi connectivity index (χ2n) is 5.26. The summed E-state index contributed by atoms with van der Waals surface area (Å²) in [7, 11) is -3.33. The number of carbonyl (C=O) groups is 1. The molecule has 2 saturated heterocycles. The van der Waals surface area contributed by atoms with Crippen molar-refractivity contribution in [1.82, 2.24) is 9.21 Å². The molecule has 2 aliphatic heterocycles. The Hall–Kier alpha value is -0.760. The summed E-state index contributed by atoms with van der Waals surface area (Å²) in [6, 6.07) is 3.63. The normalized spacial score (nSPS) is 25.1. The number of hydrogen-bond donors (Lipinski definition) is 0. The highest BCUT2D eigenvalue weighted by molar-refractivity contribution is 7.97. The van der Waals surface area contributed by atoms with E-state index < -0.39 is 10.4 Å². The Bertz CT molecular complexity index is 524. The first-order chi connectivity index (χ1) is 9.59. The minimum absolute atomic E-state index is 0.222. The Kier molecular flexibility index (Phi) is 3.94. The third-order valence-electron chi connectivity index (χ3n) is 4.06. The van der Waals surface area contributed by atoms with Gasteiger partial charge in [-0.3, -0.25) is 4.79 Å². The van der Waals surface area contributed by atoms with E-state index in [-0.39, 0.29) is 11.9 Å². The molecule has 2 fully saturated rings. The largest absolute Gasteiger partial charge is 0.592 e. The fourth-order valence-corrected chi connectivity index (χ4v) is 5.60. The van der Waals surface area contributed by atoms with Gasteiger partial charge >= 0.3 is 0 Å². The molecule has 1 atom stereocenters. The summed E-state index contributed by atoms with van der Waals surface area (Å²) in [6.07, 6.45) is 3.08. The standard InChI is InChI=1S/C13H18N2O3S2/c16-12-3-1-7-15(12)11-5-8-14(9-6-11)20(17,18)13-4-2-10-19-13/h2,4,10-11H,1,3,5-9H2. The number of amides is 1. The molecule has 1 aromatic rings. The van der Waals surface area contributed by atoms with Crippen molar-refractivity contribution in [3.8, 4) is 0 Å². The first kappa shape index (κ1) is 14.2. The molecule has 110 valence electrons. The lowest BCUT2D eigenvalue weighted by Gasteiger charge is -2.36. The predicted molar refractivity (Wildman–Crippen MR) is 77.0 cm³/mol. The molecule has 1 unspecified atom stereocenters. The zero-order valence-corrected chi connectivity index (χ0v) is 12.8. The highest BCUT2D eigenvalue weighted by atomic mass is 32.3. The van der Waals surface area contributed by atoms with Crippen LogP contribution in [0.5, 0.6) is 0 Å². The number of hydrogen-bond acceptors (Lipinski definition) is 4. The predicted octanol–water partition coefficient (Wildman–Crippen LogP) is 1.74. The summed E-state index contributed by atoms with van der Waals surface area (Å²) in [5.74, 6) is 0.226. The molecule has 1 amide bonds. The van der Waals surface area contributed by atoms with Gasteiger partial charge in [-0.15, -0.1) is 4.31 Å². The van der Waals surface area contributed by atoms with E-state index in [9.17, 15) is 13.6 Å². The van der Waals surface area contributed by atoms with Crippen molar-refractivity contribution in [1.29, 1.82) is 0 Å². The van der Waals surface area contributed by atoms with Crippen LogP contribution in [-0.4, -0.2) is 45.3 Å². The SMILES string of the molecule is O=C1CCCN1C1CCN([S+](=O)([O-])c2cccs2)CC1. The molecule has 0 aromatic carbocycles. The third-order valence-corrected chi connectivity index (χ3v) is 7.34. The van der Waals surface area contributed by atoms with Gasteiger partial charge in [-0.1, -0.05) is 15.5 Å². The van der Waals surface area contributed by atoms with E-state index >= 15 is 0 Å². The summed E-state index contributed by atoms with van der Waals surface area (Å²) in [5.41, 5.74) is 0. The summed E-state index contributed by atoms with van der Waals surface area (Å²) in [6.45, 7) is 1.85. The number of piperidine rings is 1. The molecule has 3 heterocycles. The van der Waals surface area contributed by atoms with Crippen LogP contribution < -0.4 is 0 Å². The van der Waals surface area contributed by atoms with E-state index in [0.717, 1.165) is 25.8 Å². The lowest BCUT2D eigenvalue weighted by molar-refractivity contribution is -0.130. The van der Waals surface area contributed by atoms with Crippen molar-refractivity contribution in [3.05, 3.63) is 17.5 Å². The lowest BCUT2D eigenvalue weighted by Crippen LogP contribution is -2.48. The number of carbonyl (C=O) groups excluding carboxylic acids is 1. The van der Waals surface area contributed by atoms with Crippen molar-refractivity contribution < 1.29 is 13.6 Å². The first-order valence-corrected chi connectivity index (χ1v) is 9.24. The maximum atomic E-state index is 12.4. The topological polar surface area (TPSA) is 63.7 Å². The molecule has 20 heavy (non-hydrogen) atoms. The lowest BCUT2D eigenvalue weighted by atomic mass is 10.1. The van der Waals surface area contributed by atoms with Crippen molar-refractivity contribution in [2.24, 2.45) is 0 Å². The van der Waals surface area contributed by atoms with Gasteiger partial charge in [-0.05, 0) is 30.7 Å². The van der Waals surface area contributed by atoms with Crippen LogP contribution >= 0.6 is 11.3 Å². The van der Waals surface area contributed by atoms with E-state index in [1.807, 2.05) is 4.90 Å². The van der Waals surface area contributed by atoms with Gasteiger partial charge in [0.15, 0.2) is 10.4 Å². The number of thiophene rings is 1. The molecule has 0 N–H and O–H groups in total. The Morgan fingerprint density at radius 3 is 2.60 bits per heavy atom. The third kappa shape index (κ3) is 2.55. The Labute approximate surface area is 124 Å². The minimum Gasteiger partial charge on any atom is -0.592 e. The fourth-order valence-electron chi connectivity index (χ4n) is 2.99. The second-order valence-corrected chi connectivity index (χ2v) is 8.37. The van der Waals surface area contributed by atoms with E-state index in [2.05, 4.69) is 0 Å². The van der Waals surface area contributed by atoms with E-state index in [1.54, 1.807) is 21.8 Å². The van der Waals surface area contributed by atoms with E-state index in [0.29, 0.717) is 23.7 Å². The summed E-state index contributed by atoms with van der Waals surface area (Å²) < 4.78 is 26.8. The van der Waals surface area contributed by atoms with Gasteiger partial charge < -0.3 is 9.45 Å². The monoisotopic (exact) mass is 314 g/mol. The summed E-state index contributed by atoms with van der Waals surface area (Å²) >= 11 is 1.26. The van der Waals surface area contributed by atoms with Crippen LogP contribution in [0.25, 0.3) is 0 Å². The van der Waals surface area contributed by atoms with Crippen LogP contribution in [0.1, 0.15) is 25.7 Å². The zero-order valence-electron chi connectivity index (χ0n) is 11.2. The summed E-state index contributed by atoms with van der Waals surface area (Å²) in [5, 5.41) is 1.78. The number of rotatable bonds is 3. The van der Waals surface area contributed by atoms with E-state index in [4.69, 9.17) is 0 Å².